The zero-order chi connectivity index (χ0) is 15.3. The molecule has 1 aromatic carbocycles. The van der Waals surface area contributed by atoms with Crippen molar-refractivity contribution in [1.82, 2.24) is 9.62 Å². The first-order valence-electron chi connectivity index (χ1n) is 6.95. The topological polar surface area (TPSA) is 67.9 Å². The Balaban J connectivity index is 1.85. The zero-order valence-corrected chi connectivity index (χ0v) is 13.2. The molecule has 1 aliphatic heterocycles. The molecule has 6 nitrogen and oxygen atoms in total. The van der Waals surface area contributed by atoms with Gasteiger partial charge in [0.2, 0.25) is 10.0 Å². The van der Waals surface area contributed by atoms with Crippen LogP contribution in [0.15, 0.2) is 29.2 Å². The van der Waals surface area contributed by atoms with Gasteiger partial charge >= 0.3 is 0 Å². The lowest BCUT2D eigenvalue weighted by molar-refractivity contribution is -0.0222. The molecule has 1 aromatic rings. The third-order valence-corrected chi connectivity index (χ3v) is 4.95. The van der Waals surface area contributed by atoms with Gasteiger partial charge < -0.3 is 14.4 Å². The Morgan fingerprint density at radius 1 is 1.38 bits per heavy atom. The number of methoxy groups -OCH3 is 1. The Labute approximate surface area is 126 Å². The van der Waals surface area contributed by atoms with Gasteiger partial charge in [-0.25, -0.2) is 13.1 Å². The Hall–Kier alpha value is -1.15. The average Bonchev–Trinajstić information content (AvgIpc) is 2.47. The van der Waals surface area contributed by atoms with Gasteiger partial charge in [-0.1, -0.05) is 0 Å². The van der Waals surface area contributed by atoms with Gasteiger partial charge in [-0.15, -0.1) is 0 Å². The standard InChI is InChI=1S/C14H22N2O4S/c1-16-9-10-20-13(11-16)7-8-15-21(17,18)14-5-3-12(19-2)4-6-14/h3-6,13,15H,7-11H2,1-2H3. The van der Waals surface area contributed by atoms with E-state index in [1.165, 1.54) is 12.1 Å². The molecular formula is C14H22N2O4S. The van der Waals surface area contributed by atoms with E-state index in [0.717, 1.165) is 13.1 Å². The van der Waals surface area contributed by atoms with Gasteiger partial charge in [0.1, 0.15) is 5.75 Å². The van der Waals surface area contributed by atoms with E-state index in [1.807, 2.05) is 7.05 Å². The van der Waals surface area contributed by atoms with Crippen LogP contribution in [0.4, 0.5) is 0 Å². The molecule has 0 aliphatic carbocycles. The van der Waals surface area contributed by atoms with Gasteiger partial charge in [0.25, 0.3) is 0 Å². The summed E-state index contributed by atoms with van der Waals surface area (Å²) in [4.78, 5) is 2.43. The second-order valence-electron chi connectivity index (χ2n) is 5.12. The van der Waals surface area contributed by atoms with Crippen molar-refractivity contribution in [3.05, 3.63) is 24.3 Å². The highest BCUT2D eigenvalue weighted by Crippen LogP contribution is 2.15. The molecule has 1 saturated heterocycles. The molecule has 0 amide bonds. The molecule has 0 bridgehead atoms. The van der Waals surface area contributed by atoms with Gasteiger partial charge in [-0.2, -0.15) is 0 Å². The van der Waals surface area contributed by atoms with Crippen LogP contribution in [0.5, 0.6) is 5.75 Å². The molecule has 0 radical (unpaired) electrons. The van der Waals surface area contributed by atoms with Crippen LogP contribution in [0.2, 0.25) is 0 Å². The van der Waals surface area contributed by atoms with Crippen molar-refractivity contribution in [2.45, 2.75) is 17.4 Å². The molecule has 1 heterocycles. The smallest absolute Gasteiger partial charge is 0.240 e. The van der Waals surface area contributed by atoms with Crippen molar-refractivity contribution in [3.63, 3.8) is 0 Å². The van der Waals surface area contributed by atoms with Gasteiger partial charge in [0.05, 0.1) is 24.7 Å². The van der Waals surface area contributed by atoms with E-state index in [1.54, 1.807) is 19.2 Å². The van der Waals surface area contributed by atoms with Crippen LogP contribution in [-0.4, -0.2) is 59.8 Å². The molecule has 7 heteroatoms. The Morgan fingerprint density at radius 3 is 2.71 bits per heavy atom. The predicted molar refractivity (Wildman–Crippen MR) is 80.0 cm³/mol. The fourth-order valence-electron chi connectivity index (χ4n) is 2.23. The summed E-state index contributed by atoms with van der Waals surface area (Å²) in [6.45, 7) is 2.83. The molecule has 1 N–H and O–H groups in total. The Kier molecular flexibility index (Phi) is 5.58. The van der Waals surface area contributed by atoms with Crippen molar-refractivity contribution in [3.8, 4) is 5.75 Å². The number of likely N-dealkylation sites (N-methyl/N-ethyl adjacent to an activating group) is 1. The average molecular weight is 314 g/mol. The highest BCUT2D eigenvalue weighted by Gasteiger charge is 2.19. The second kappa shape index (κ2) is 7.22. The quantitative estimate of drug-likeness (QED) is 0.837. The summed E-state index contributed by atoms with van der Waals surface area (Å²) in [5.74, 6) is 0.632. The molecule has 1 atom stereocenters. The van der Waals surface area contributed by atoms with E-state index in [-0.39, 0.29) is 11.0 Å². The lowest BCUT2D eigenvalue weighted by Crippen LogP contribution is -2.41. The van der Waals surface area contributed by atoms with E-state index >= 15 is 0 Å². The van der Waals surface area contributed by atoms with E-state index < -0.39 is 10.0 Å². The van der Waals surface area contributed by atoms with Crippen molar-refractivity contribution in [2.75, 3.05) is 40.4 Å². The van der Waals surface area contributed by atoms with Crippen LogP contribution in [0.25, 0.3) is 0 Å². The summed E-state index contributed by atoms with van der Waals surface area (Å²) < 4.78 is 37.5. The second-order valence-corrected chi connectivity index (χ2v) is 6.88. The summed E-state index contributed by atoms with van der Waals surface area (Å²) in [6, 6.07) is 6.33. The number of morpholine rings is 1. The van der Waals surface area contributed by atoms with E-state index in [4.69, 9.17) is 9.47 Å². The van der Waals surface area contributed by atoms with Crippen molar-refractivity contribution >= 4 is 10.0 Å². The number of hydrogen-bond acceptors (Lipinski definition) is 5. The summed E-state index contributed by atoms with van der Waals surface area (Å²) in [5, 5.41) is 0. The van der Waals surface area contributed by atoms with Crippen LogP contribution >= 0.6 is 0 Å². The van der Waals surface area contributed by atoms with Crippen LogP contribution in [0.1, 0.15) is 6.42 Å². The molecule has 21 heavy (non-hydrogen) atoms. The fourth-order valence-corrected chi connectivity index (χ4v) is 3.28. The van der Waals surface area contributed by atoms with Gasteiger partial charge in [-0.05, 0) is 37.7 Å². The molecule has 0 aromatic heterocycles. The summed E-state index contributed by atoms with van der Waals surface area (Å²) in [6.07, 6.45) is 0.752. The van der Waals surface area contributed by atoms with E-state index in [2.05, 4.69) is 9.62 Å². The summed E-state index contributed by atoms with van der Waals surface area (Å²) in [7, 11) is 0.109. The number of nitrogens with zero attached hydrogens (tertiary/aromatic N) is 1. The first kappa shape index (κ1) is 16.2. The monoisotopic (exact) mass is 314 g/mol. The van der Waals surface area contributed by atoms with Crippen LogP contribution < -0.4 is 9.46 Å². The molecule has 1 aliphatic rings. The molecule has 0 spiro atoms. The zero-order valence-electron chi connectivity index (χ0n) is 12.4. The van der Waals surface area contributed by atoms with Crippen LogP contribution in [0, 0.1) is 0 Å². The SMILES string of the molecule is COc1ccc(S(=O)(=O)NCCC2CN(C)CCO2)cc1. The summed E-state index contributed by atoms with van der Waals surface area (Å²) >= 11 is 0. The molecule has 0 saturated carbocycles. The minimum Gasteiger partial charge on any atom is -0.497 e. The third-order valence-electron chi connectivity index (χ3n) is 3.47. The van der Waals surface area contributed by atoms with E-state index in [9.17, 15) is 8.42 Å². The molecular weight excluding hydrogens is 292 g/mol. The molecule has 1 fully saturated rings. The predicted octanol–water partition coefficient (Wildman–Crippen LogP) is 0.694. The highest BCUT2D eigenvalue weighted by atomic mass is 32.2. The highest BCUT2D eigenvalue weighted by molar-refractivity contribution is 7.89. The minimum atomic E-state index is -3.47. The molecule has 1 unspecified atom stereocenters. The number of benzene rings is 1. The number of rotatable bonds is 6. The lowest BCUT2D eigenvalue weighted by Gasteiger charge is -2.30. The minimum absolute atomic E-state index is 0.0855. The number of ether oxygens (including phenoxy) is 2. The Morgan fingerprint density at radius 2 is 2.10 bits per heavy atom. The van der Waals surface area contributed by atoms with Crippen molar-refractivity contribution in [2.24, 2.45) is 0 Å². The molecule has 118 valence electrons. The first-order valence-corrected chi connectivity index (χ1v) is 8.43. The fraction of sp³-hybridized carbons (Fsp3) is 0.571. The first-order chi connectivity index (χ1) is 10.0. The number of sulfonamides is 1. The lowest BCUT2D eigenvalue weighted by atomic mass is 10.2. The number of nitrogens with one attached hydrogen (secondary N) is 1. The molecule has 2 rings (SSSR count). The number of hydrogen-bond donors (Lipinski definition) is 1. The maximum atomic E-state index is 12.1. The summed E-state index contributed by atoms with van der Waals surface area (Å²) in [5.41, 5.74) is 0. The maximum Gasteiger partial charge on any atom is 0.240 e. The largest absolute Gasteiger partial charge is 0.497 e. The normalized spacial score (nSPS) is 20.4. The van der Waals surface area contributed by atoms with Gasteiger partial charge in [0, 0.05) is 19.6 Å². The van der Waals surface area contributed by atoms with E-state index in [0.29, 0.717) is 25.3 Å². The van der Waals surface area contributed by atoms with Gasteiger partial charge in [0.15, 0.2) is 0 Å². The van der Waals surface area contributed by atoms with Crippen LogP contribution in [-0.2, 0) is 14.8 Å². The maximum absolute atomic E-state index is 12.1. The van der Waals surface area contributed by atoms with Gasteiger partial charge in [-0.3, -0.25) is 0 Å². The Bertz CT molecular complexity index is 545. The van der Waals surface area contributed by atoms with Crippen molar-refractivity contribution in [1.29, 1.82) is 0 Å². The van der Waals surface area contributed by atoms with Crippen LogP contribution in [0.3, 0.4) is 0 Å². The van der Waals surface area contributed by atoms with Crippen molar-refractivity contribution < 1.29 is 17.9 Å². The third kappa shape index (κ3) is 4.67.